The molecule has 0 amide bonds. The van der Waals surface area contributed by atoms with Gasteiger partial charge in [0.25, 0.3) is 0 Å². The van der Waals surface area contributed by atoms with Crippen LogP contribution in [-0.2, 0) is 5.41 Å². The molecular formula is C51H35N. The first-order valence-corrected chi connectivity index (χ1v) is 18.3. The monoisotopic (exact) mass is 661 g/mol. The highest BCUT2D eigenvalue weighted by Gasteiger charge is 2.36. The van der Waals surface area contributed by atoms with E-state index in [-0.39, 0.29) is 5.41 Å². The lowest BCUT2D eigenvalue weighted by Gasteiger charge is -2.21. The second-order valence-corrected chi connectivity index (χ2v) is 14.9. The summed E-state index contributed by atoms with van der Waals surface area (Å²) in [5.41, 5.74) is 14.1. The van der Waals surface area contributed by atoms with E-state index in [0.29, 0.717) is 0 Å². The molecule has 10 aromatic rings. The van der Waals surface area contributed by atoms with Crippen LogP contribution in [0.4, 0.5) is 0 Å². The molecule has 0 saturated carbocycles. The standard InChI is InChI=1S/C51H35N/c1-51(2)45-26-13-12-20-36(45)43-31-48-44(30-46(43)51)37-28-27-33(29-47(37)52(48)34-17-4-3-5-18-34)49-39-21-8-10-23-41(39)50(42-24-11-9-22-40(42)49)38-25-14-16-32-15-6-7-19-35(32)38/h3-31H,1-2H3. The molecule has 1 aliphatic carbocycles. The third-order valence-corrected chi connectivity index (χ3v) is 11.8. The van der Waals surface area contributed by atoms with Gasteiger partial charge in [-0.3, -0.25) is 0 Å². The van der Waals surface area contributed by atoms with E-state index in [9.17, 15) is 0 Å². The van der Waals surface area contributed by atoms with E-state index in [1.54, 1.807) is 0 Å². The summed E-state index contributed by atoms with van der Waals surface area (Å²) < 4.78 is 2.48. The van der Waals surface area contributed by atoms with Crippen LogP contribution in [0.5, 0.6) is 0 Å². The topological polar surface area (TPSA) is 4.93 Å². The average Bonchev–Trinajstić information content (AvgIpc) is 3.63. The van der Waals surface area contributed by atoms with Crippen LogP contribution in [0.25, 0.3) is 93.2 Å². The fourth-order valence-electron chi connectivity index (χ4n) is 9.39. The zero-order valence-electron chi connectivity index (χ0n) is 29.2. The smallest absolute Gasteiger partial charge is 0.0547 e. The number of fused-ring (bicyclic) bond motifs is 9. The SMILES string of the molecule is CC1(C)c2ccccc2-c2cc3c(cc21)c1ccc(-c2c4ccccc4c(-c4cccc5ccccc45)c4ccccc24)cc1n3-c1ccccc1. The Morgan fingerprint density at radius 3 is 1.69 bits per heavy atom. The second kappa shape index (κ2) is 10.8. The lowest BCUT2D eigenvalue weighted by atomic mass is 9.82. The van der Waals surface area contributed by atoms with E-state index in [4.69, 9.17) is 0 Å². The molecule has 0 saturated heterocycles. The maximum Gasteiger partial charge on any atom is 0.0547 e. The molecule has 1 heteroatoms. The Hall–Kier alpha value is -6.44. The fourth-order valence-corrected chi connectivity index (χ4v) is 9.39. The summed E-state index contributed by atoms with van der Waals surface area (Å²) in [5.74, 6) is 0. The number of aromatic nitrogens is 1. The van der Waals surface area contributed by atoms with Gasteiger partial charge in [-0.25, -0.2) is 0 Å². The Kier molecular flexibility index (Phi) is 6.08. The Bertz CT molecular complexity index is 3020. The van der Waals surface area contributed by atoms with Gasteiger partial charge in [-0.1, -0.05) is 159 Å². The fraction of sp³-hybridized carbons (Fsp3) is 0.0588. The van der Waals surface area contributed by atoms with Crippen LogP contribution in [0.15, 0.2) is 176 Å². The summed E-state index contributed by atoms with van der Waals surface area (Å²) in [6, 6.07) is 65.4. The van der Waals surface area contributed by atoms with Crippen LogP contribution < -0.4 is 0 Å². The molecule has 1 nitrogen and oxygen atoms in total. The van der Waals surface area contributed by atoms with Gasteiger partial charge in [-0.15, -0.1) is 0 Å². The summed E-state index contributed by atoms with van der Waals surface area (Å²) in [6.07, 6.45) is 0. The number of rotatable bonds is 3. The van der Waals surface area contributed by atoms with E-state index in [1.807, 2.05) is 0 Å². The average molecular weight is 662 g/mol. The molecule has 0 bridgehead atoms. The zero-order chi connectivity index (χ0) is 34.6. The first-order valence-electron chi connectivity index (χ1n) is 18.3. The van der Waals surface area contributed by atoms with Gasteiger partial charge in [0.1, 0.15) is 0 Å². The molecule has 1 aromatic heterocycles. The molecule has 0 spiro atoms. The van der Waals surface area contributed by atoms with Gasteiger partial charge in [0, 0.05) is 21.9 Å². The molecule has 11 rings (SSSR count). The molecule has 0 N–H and O–H groups in total. The quantitative estimate of drug-likeness (QED) is 0.166. The number of hydrogen-bond acceptors (Lipinski definition) is 0. The molecule has 0 radical (unpaired) electrons. The van der Waals surface area contributed by atoms with Gasteiger partial charge in [-0.2, -0.15) is 0 Å². The van der Waals surface area contributed by atoms with Crippen molar-refractivity contribution in [2.24, 2.45) is 0 Å². The van der Waals surface area contributed by atoms with Gasteiger partial charge < -0.3 is 4.57 Å². The summed E-state index contributed by atoms with van der Waals surface area (Å²) in [7, 11) is 0. The van der Waals surface area contributed by atoms with Crippen molar-refractivity contribution in [3.63, 3.8) is 0 Å². The third kappa shape index (κ3) is 3.99. The summed E-state index contributed by atoms with van der Waals surface area (Å²) >= 11 is 0. The van der Waals surface area contributed by atoms with Gasteiger partial charge in [0.2, 0.25) is 0 Å². The minimum atomic E-state index is -0.0646. The summed E-state index contributed by atoms with van der Waals surface area (Å²) in [4.78, 5) is 0. The van der Waals surface area contributed by atoms with Crippen molar-refractivity contribution in [1.29, 1.82) is 0 Å². The Morgan fingerprint density at radius 1 is 0.365 bits per heavy atom. The highest BCUT2D eigenvalue weighted by atomic mass is 15.0. The van der Waals surface area contributed by atoms with Gasteiger partial charge >= 0.3 is 0 Å². The third-order valence-electron chi connectivity index (χ3n) is 11.8. The van der Waals surface area contributed by atoms with Crippen molar-refractivity contribution in [2.75, 3.05) is 0 Å². The van der Waals surface area contributed by atoms with E-state index in [2.05, 4.69) is 194 Å². The minimum absolute atomic E-state index is 0.0646. The van der Waals surface area contributed by atoms with Crippen molar-refractivity contribution < 1.29 is 0 Å². The number of hydrogen-bond donors (Lipinski definition) is 0. The highest BCUT2D eigenvalue weighted by Crippen LogP contribution is 2.52. The van der Waals surface area contributed by atoms with E-state index in [0.717, 1.165) is 0 Å². The molecule has 244 valence electrons. The van der Waals surface area contributed by atoms with Crippen LogP contribution in [0, 0.1) is 0 Å². The Morgan fingerprint density at radius 2 is 0.942 bits per heavy atom. The largest absolute Gasteiger partial charge is 0.309 e. The molecule has 52 heavy (non-hydrogen) atoms. The predicted molar refractivity (Wildman–Crippen MR) is 222 cm³/mol. The number of para-hydroxylation sites is 1. The van der Waals surface area contributed by atoms with Crippen molar-refractivity contribution in [3.05, 3.63) is 187 Å². The highest BCUT2D eigenvalue weighted by molar-refractivity contribution is 6.24. The molecule has 9 aromatic carbocycles. The normalized spacial score (nSPS) is 13.3. The molecular weight excluding hydrogens is 627 g/mol. The molecule has 0 atom stereocenters. The van der Waals surface area contributed by atoms with Crippen LogP contribution in [0.2, 0.25) is 0 Å². The number of benzene rings is 9. The van der Waals surface area contributed by atoms with Crippen LogP contribution in [-0.4, -0.2) is 4.57 Å². The van der Waals surface area contributed by atoms with Gasteiger partial charge in [0.15, 0.2) is 0 Å². The Labute approximate surface area is 303 Å². The van der Waals surface area contributed by atoms with Crippen LogP contribution in [0.1, 0.15) is 25.0 Å². The van der Waals surface area contributed by atoms with E-state index < -0.39 is 0 Å². The van der Waals surface area contributed by atoms with Crippen molar-refractivity contribution in [3.8, 4) is 39.1 Å². The number of nitrogens with zero attached hydrogens (tertiary/aromatic N) is 1. The maximum atomic E-state index is 2.48. The lowest BCUT2D eigenvalue weighted by molar-refractivity contribution is 0.661. The van der Waals surface area contributed by atoms with Gasteiger partial charge in [0.05, 0.1) is 11.0 Å². The van der Waals surface area contributed by atoms with Crippen molar-refractivity contribution in [2.45, 2.75) is 19.3 Å². The first kappa shape index (κ1) is 29.3. The summed E-state index contributed by atoms with van der Waals surface area (Å²) in [6.45, 7) is 4.74. The Balaban J connectivity index is 1.24. The second-order valence-electron chi connectivity index (χ2n) is 14.9. The molecule has 1 heterocycles. The van der Waals surface area contributed by atoms with Crippen LogP contribution >= 0.6 is 0 Å². The molecule has 0 aliphatic heterocycles. The van der Waals surface area contributed by atoms with Crippen LogP contribution in [0.3, 0.4) is 0 Å². The maximum absolute atomic E-state index is 2.48. The summed E-state index contributed by atoms with van der Waals surface area (Å²) in [5, 5.41) is 10.2. The van der Waals surface area contributed by atoms with Gasteiger partial charge in [-0.05, 0) is 107 Å². The van der Waals surface area contributed by atoms with E-state index >= 15 is 0 Å². The molecule has 1 aliphatic rings. The lowest BCUT2D eigenvalue weighted by Crippen LogP contribution is -2.14. The molecule has 0 unspecified atom stereocenters. The van der Waals surface area contributed by atoms with E-state index in [1.165, 1.54) is 104 Å². The van der Waals surface area contributed by atoms with Crippen molar-refractivity contribution >= 4 is 54.1 Å². The predicted octanol–water partition coefficient (Wildman–Crippen LogP) is 13.9. The van der Waals surface area contributed by atoms with Crippen molar-refractivity contribution in [1.82, 2.24) is 4.57 Å². The zero-order valence-corrected chi connectivity index (χ0v) is 29.2. The first-order chi connectivity index (χ1) is 25.6. The molecule has 0 fully saturated rings. The minimum Gasteiger partial charge on any atom is -0.309 e.